The molecule has 0 N–H and O–H groups in total. The van der Waals surface area contributed by atoms with E-state index in [9.17, 15) is 17.2 Å². The van der Waals surface area contributed by atoms with E-state index >= 15 is 0 Å². The molecule has 1 aliphatic rings. The molecule has 0 amide bonds. The van der Waals surface area contributed by atoms with E-state index in [1.54, 1.807) is 30.3 Å². The van der Waals surface area contributed by atoms with Crippen molar-refractivity contribution in [2.75, 3.05) is 12.9 Å². The maximum absolute atomic E-state index is 14.8. The molecule has 0 aromatic heterocycles. The lowest BCUT2D eigenvalue weighted by atomic mass is 10.1. The minimum Gasteiger partial charge on any atom is -0.374 e. The summed E-state index contributed by atoms with van der Waals surface area (Å²) in [5.74, 6) is -3.68. The van der Waals surface area contributed by atoms with Gasteiger partial charge in [0, 0.05) is 0 Å². The third kappa shape index (κ3) is 6.03. The molecule has 3 atom stereocenters. The van der Waals surface area contributed by atoms with E-state index < -0.39 is 34.5 Å². The maximum Gasteiger partial charge on any atom is 0.327 e. The van der Waals surface area contributed by atoms with Crippen LogP contribution >= 0.6 is 0 Å². The lowest BCUT2D eigenvalue weighted by Gasteiger charge is -2.23. The lowest BCUT2D eigenvalue weighted by Crippen LogP contribution is -2.44. The van der Waals surface area contributed by atoms with Crippen LogP contribution in [0.5, 0.6) is 0 Å². The third-order valence-electron chi connectivity index (χ3n) is 4.26. The van der Waals surface area contributed by atoms with Crippen molar-refractivity contribution in [1.29, 1.82) is 0 Å². The average molecular weight is 428 g/mol. The zero-order valence-corrected chi connectivity index (χ0v) is 16.6. The van der Waals surface area contributed by atoms with Crippen LogP contribution in [0.15, 0.2) is 60.7 Å². The molecule has 2 aromatic rings. The van der Waals surface area contributed by atoms with Crippen LogP contribution in [0.3, 0.4) is 0 Å². The van der Waals surface area contributed by atoms with Crippen molar-refractivity contribution in [2.24, 2.45) is 0 Å². The van der Waals surface area contributed by atoms with E-state index in [-0.39, 0.29) is 19.8 Å². The molecule has 6 nitrogen and oxygen atoms in total. The molecule has 158 valence electrons. The smallest absolute Gasteiger partial charge is 0.327 e. The highest BCUT2D eigenvalue weighted by Gasteiger charge is 2.61. The topological polar surface area (TPSA) is 71.1 Å². The number of benzene rings is 2. The van der Waals surface area contributed by atoms with Gasteiger partial charge in [-0.2, -0.15) is 17.2 Å². The Morgan fingerprint density at radius 3 is 2.07 bits per heavy atom. The summed E-state index contributed by atoms with van der Waals surface area (Å²) in [4.78, 5) is 0. The van der Waals surface area contributed by atoms with Crippen LogP contribution in [0.4, 0.5) is 8.78 Å². The van der Waals surface area contributed by atoms with E-state index in [2.05, 4.69) is 4.18 Å². The number of alkyl halides is 2. The number of rotatable bonds is 9. The highest BCUT2D eigenvalue weighted by atomic mass is 32.2. The molecule has 1 heterocycles. The molecular weight excluding hydrogens is 406 g/mol. The van der Waals surface area contributed by atoms with Gasteiger partial charge < -0.3 is 14.2 Å². The number of hydrogen-bond acceptors (Lipinski definition) is 6. The van der Waals surface area contributed by atoms with E-state index in [0.717, 1.165) is 5.56 Å². The summed E-state index contributed by atoms with van der Waals surface area (Å²) in [7, 11) is -4.16. The van der Waals surface area contributed by atoms with Crippen molar-refractivity contribution in [3.63, 3.8) is 0 Å². The SMILES string of the molecule is CS(=O)(=O)O[C@H]1O[C@H](COCc2ccccc2)[C@@H](OCc2ccccc2)C1(F)F. The van der Waals surface area contributed by atoms with Gasteiger partial charge in [0.2, 0.25) is 6.29 Å². The van der Waals surface area contributed by atoms with Gasteiger partial charge in [0.1, 0.15) is 6.10 Å². The largest absolute Gasteiger partial charge is 0.374 e. The molecule has 0 unspecified atom stereocenters. The Bertz CT molecular complexity index is 876. The van der Waals surface area contributed by atoms with Crippen LogP contribution in [-0.2, 0) is 41.7 Å². The minimum absolute atomic E-state index is 0.0920. The van der Waals surface area contributed by atoms with Gasteiger partial charge in [0.25, 0.3) is 10.1 Å². The van der Waals surface area contributed by atoms with Crippen molar-refractivity contribution < 1.29 is 35.6 Å². The molecule has 9 heteroatoms. The first-order valence-corrected chi connectivity index (χ1v) is 10.8. The quantitative estimate of drug-likeness (QED) is 0.572. The normalized spacial score (nSPS) is 23.9. The second-order valence-electron chi connectivity index (χ2n) is 6.70. The molecular formula is C20H22F2O6S. The summed E-state index contributed by atoms with van der Waals surface area (Å²) in [5.41, 5.74) is 1.56. The van der Waals surface area contributed by atoms with Gasteiger partial charge in [-0.1, -0.05) is 60.7 Å². The fraction of sp³-hybridized carbons (Fsp3) is 0.400. The first kappa shape index (κ1) is 21.8. The van der Waals surface area contributed by atoms with Crippen LogP contribution in [0, 0.1) is 0 Å². The average Bonchev–Trinajstić information content (AvgIpc) is 2.90. The summed E-state index contributed by atoms with van der Waals surface area (Å²) < 4.78 is 72.9. The standard InChI is InChI=1S/C20H22F2O6S/c1-29(23,24)28-19-20(21,22)18(26-13-16-10-6-3-7-11-16)17(27-19)14-25-12-15-8-4-2-5-9-15/h2-11,17-19H,12-14H2,1H3/t17-,18-,19-/m1/s1. The first-order valence-electron chi connectivity index (χ1n) is 8.94. The molecule has 0 saturated carbocycles. The molecule has 3 rings (SSSR count). The van der Waals surface area contributed by atoms with Crippen molar-refractivity contribution in [2.45, 2.75) is 37.6 Å². The Labute approximate surface area is 168 Å². The second kappa shape index (κ2) is 9.27. The summed E-state index contributed by atoms with van der Waals surface area (Å²) in [6.07, 6.45) is -4.52. The Hall–Kier alpha value is -1.91. The van der Waals surface area contributed by atoms with E-state index in [4.69, 9.17) is 14.2 Å². The number of halogens is 2. The lowest BCUT2D eigenvalue weighted by molar-refractivity contribution is -0.190. The zero-order chi connectivity index (χ0) is 20.9. The highest BCUT2D eigenvalue weighted by molar-refractivity contribution is 7.86. The molecule has 0 radical (unpaired) electrons. The van der Waals surface area contributed by atoms with Gasteiger partial charge in [-0.25, -0.2) is 4.18 Å². The van der Waals surface area contributed by atoms with Gasteiger partial charge in [0.05, 0.1) is 26.1 Å². The Morgan fingerprint density at radius 1 is 0.966 bits per heavy atom. The van der Waals surface area contributed by atoms with Crippen LogP contribution in [0.25, 0.3) is 0 Å². The number of ether oxygens (including phenoxy) is 3. The molecule has 1 fully saturated rings. The van der Waals surface area contributed by atoms with Gasteiger partial charge in [-0.05, 0) is 11.1 Å². The van der Waals surface area contributed by atoms with Crippen LogP contribution in [0.1, 0.15) is 11.1 Å². The van der Waals surface area contributed by atoms with Crippen LogP contribution in [-0.4, -0.2) is 45.7 Å². The highest BCUT2D eigenvalue weighted by Crippen LogP contribution is 2.40. The minimum atomic E-state index is -4.16. The fourth-order valence-electron chi connectivity index (χ4n) is 2.92. The van der Waals surface area contributed by atoms with Gasteiger partial charge in [0.15, 0.2) is 6.10 Å². The Kier molecular flexibility index (Phi) is 6.97. The molecule has 29 heavy (non-hydrogen) atoms. The van der Waals surface area contributed by atoms with Crippen molar-refractivity contribution in [1.82, 2.24) is 0 Å². The summed E-state index contributed by atoms with van der Waals surface area (Å²) in [5, 5.41) is 0. The van der Waals surface area contributed by atoms with Crippen molar-refractivity contribution >= 4 is 10.1 Å². The van der Waals surface area contributed by atoms with Gasteiger partial charge >= 0.3 is 5.92 Å². The molecule has 1 saturated heterocycles. The summed E-state index contributed by atoms with van der Waals surface area (Å²) >= 11 is 0. The predicted molar refractivity (Wildman–Crippen MR) is 101 cm³/mol. The maximum atomic E-state index is 14.8. The molecule has 2 aromatic carbocycles. The summed E-state index contributed by atoms with van der Waals surface area (Å²) in [6.45, 7) is -0.117. The Morgan fingerprint density at radius 2 is 1.52 bits per heavy atom. The third-order valence-corrected chi connectivity index (χ3v) is 4.78. The number of hydrogen-bond donors (Lipinski definition) is 0. The second-order valence-corrected chi connectivity index (χ2v) is 8.30. The zero-order valence-electron chi connectivity index (χ0n) is 15.7. The van der Waals surface area contributed by atoms with Crippen LogP contribution < -0.4 is 0 Å². The van der Waals surface area contributed by atoms with E-state index in [1.807, 2.05) is 30.3 Å². The molecule has 1 aliphatic heterocycles. The predicted octanol–water partition coefficient (Wildman–Crippen LogP) is 3.13. The molecule has 0 spiro atoms. The molecule has 0 bridgehead atoms. The van der Waals surface area contributed by atoms with Crippen LogP contribution in [0.2, 0.25) is 0 Å². The molecule has 0 aliphatic carbocycles. The van der Waals surface area contributed by atoms with Crippen molar-refractivity contribution in [3.05, 3.63) is 71.8 Å². The van der Waals surface area contributed by atoms with E-state index in [1.165, 1.54) is 0 Å². The van der Waals surface area contributed by atoms with Crippen molar-refractivity contribution in [3.8, 4) is 0 Å². The van der Waals surface area contributed by atoms with Gasteiger partial charge in [-0.3, -0.25) is 0 Å². The summed E-state index contributed by atoms with van der Waals surface area (Å²) in [6, 6.07) is 18.0. The fourth-order valence-corrected chi connectivity index (χ4v) is 3.41. The van der Waals surface area contributed by atoms with Gasteiger partial charge in [-0.15, -0.1) is 0 Å². The Balaban J connectivity index is 1.69. The monoisotopic (exact) mass is 428 g/mol. The first-order chi connectivity index (χ1) is 13.8. The van der Waals surface area contributed by atoms with E-state index in [0.29, 0.717) is 11.8 Å².